The summed E-state index contributed by atoms with van der Waals surface area (Å²) in [6, 6.07) is 12.1. The molecule has 3 heteroatoms. The molecule has 1 rings (SSSR count). The molecule has 0 radical (unpaired) electrons. The van der Waals surface area contributed by atoms with E-state index in [-0.39, 0.29) is 0 Å². The van der Waals surface area contributed by atoms with Gasteiger partial charge in [-0.25, -0.2) is 0 Å². The molecule has 0 saturated carbocycles. The van der Waals surface area contributed by atoms with Gasteiger partial charge in [-0.1, -0.05) is 0 Å². The Morgan fingerprint density at radius 2 is 1.82 bits per heavy atom. The van der Waals surface area contributed by atoms with Gasteiger partial charge in [-0.2, -0.15) is 0 Å². The second-order valence-corrected chi connectivity index (χ2v) is 14.6. The molecule has 0 heterocycles. The van der Waals surface area contributed by atoms with Gasteiger partial charge < -0.3 is 0 Å². The molecule has 0 fully saturated rings. The van der Waals surface area contributed by atoms with E-state index in [9.17, 15) is 0 Å². The van der Waals surface area contributed by atoms with Gasteiger partial charge in [0.15, 0.2) is 0 Å². The molecule has 0 N–H and O–H groups in total. The Labute approximate surface area is 118 Å². The van der Waals surface area contributed by atoms with Crippen molar-refractivity contribution < 1.29 is 0 Å². The van der Waals surface area contributed by atoms with Crippen molar-refractivity contribution in [3.63, 3.8) is 0 Å². The summed E-state index contributed by atoms with van der Waals surface area (Å²) in [6.07, 6.45) is 0. The Balaban J connectivity index is 2.43. The number of rotatable bonds is 6. The van der Waals surface area contributed by atoms with Crippen LogP contribution in [0.5, 0.6) is 0 Å². The van der Waals surface area contributed by atoms with Gasteiger partial charge in [-0.15, -0.1) is 0 Å². The van der Waals surface area contributed by atoms with Crippen LogP contribution >= 0.6 is 12.2 Å². The molecule has 0 nitrogen and oxygen atoms in total. The average Bonchev–Trinajstić information content (AvgIpc) is 2.27. The summed E-state index contributed by atoms with van der Waals surface area (Å²) < 4.78 is 1.28. The summed E-state index contributed by atoms with van der Waals surface area (Å²) in [5.74, 6) is 0.452. The first kappa shape index (κ1) is 15.1. The molecule has 0 bridgehead atoms. The first-order valence-corrected chi connectivity index (χ1v) is 12.3. The molecular weight excluding hydrogens is 307 g/mol. The van der Waals surface area contributed by atoms with Crippen LogP contribution in [0.15, 0.2) is 30.3 Å². The molecule has 0 saturated heterocycles. The third-order valence-corrected chi connectivity index (χ3v) is 8.47. The van der Waals surface area contributed by atoms with Crippen molar-refractivity contribution in [3.8, 4) is 0 Å². The molecule has 0 aliphatic heterocycles. The summed E-state index contributed by atoms with van der Waals surface area (Å²) in [7, 11) is -0.882. The Hall–Kier alpha value is 0.0464. The van der Waals surface area contributed by atoms with Crippen LogP contribution in [0.3, 0.4) is 0 Å². The van der Waals surface area contributed by atoms with Crippen molar-refractivity contribution in [3.05, 3.63) is 35.9 Å². The van der Waals surface area contributed by atoms with Crippen molar-refractivity contribution >= 4 is 39.0 Å². The van der Waals surface area contributed by atoms with E-state index in [1.165, 1.54) is 20.7 Å². The van der Waals surface area contributed by atoms with Gasteiger partial charge in [-0.05, 0) is 0 Å². The van der Waals surface area contributed by atoms with Gasteiger partial charge >= 0.3 is 119 Å². The molecule has 0 aliphatic carbocycles. The molecule has 1 aromatic carbocycles. The van der Waals surface area contributed by atoms with Crippen LogP contribution in [0.2, 0.25) is 31.0 Å². The van der Waals surface area contributed by atoms with E-state index in [4.69, 9.17) is 12.2 Å². The van der Waals surface area contributed by atoms with E-state index in [1.807, 2.05) is 0 Å². The summed E-state index contributed by atoms with van der Waals surface area (Å²) >= 11 is 6.12. The van der Waals surface area contributed by atoms with Crippen molar-refractivity contribution in [1.29, 1.82) is 0 Å². The van der Waals surface area contributed by atoms with Crippen molar-refractivity contribution in [2.24, 2.45) is 0 Å². The zero-order chi connectivity index (χ0) is 12.9. The summed E-state index contributed by atoms with van der Waals surface area (Å²) in [5.41, 5.74) is 1.37. The number of benzene rings is 1. The average molecular weight is 329 g/mol. The molecular formula is C14H22SSeSi. The summed E-state index contributed by atoms with van der Waals surface area (Å²) in [5, 5.41) is 1.33. The monoisotopic (exact) mass is 330 g/mol. The van der Waals surface area contributed by atoms with E-state index < -0.39 is 8.07 Å². The Morgan fingerprint density at radius 1 is 1.24 bits per heavy atom. The zero-order valence-electron chi connectivity index (χ0n) is 11.2. The molecule has 0 amide bonds. The standard InChI is InChI=1S/C14H22SSeSi/c1-12(13-8-6-5-7-9-13)14(15)16-10-11-17(2,3)4/h5-9,12H,10-11H2,1-4H3. The van der Waals surface area contributed by atoms with Gasteiger partial charge in [0.05, 0.1) is 0 Å². The second-order valence-electron chi connectivity index (χ2n) is 5.61. The van der Waals surface area contributed by atoms with Gasteiger partial charge in [0.1, 0.15) is 0 Å². The van der Waals surface area contributed by atoms with Crippen LogP contribution in [0.4, 0.5) is 0 Å². The molecule has 1 aromatic rings. The molecule has 17 heavy (non-hydrogen) atoms. The molecule has 1 atom stereocenters. The molecule has 0 aliphatic rings. The molecule has 0 aromatic heterocycles. The Bertz CT molecular complexity index is 356. The van der Waals surface area contributed by atoms with Crippen LogP contribution < -0.4 is 0 Å². The minimum absolute atomic E-state index is 0.452. The molecule has 0 spiro atoms. The maximum atomic E-state index is 5.59. The van der Waals surface area contributed by atoms with Gasteiger partial charge in [0.2, 0.25) is 0 Å². The van der Waals surface area contributed by atoms with Gasteiger partial charge in [0, 0.05) is 0 Å². The van der Waals surface area contributed by atoms with E-state index >= 15 is 0 Å². The normalized spacial score (nSPS) is 13.4. The Kier molecular flexibility index (Phi) is 6.08. The van der Waals surface area contributed by atoms with Crippen molar-refractivity contribution in [2.45, 2.75) is 43.8 Å². The van der Waals surface area contributed by atoms with E-state index in [0.717, 1.165) is 0 Å². The van der Waals surface area contributed by atoms with Crippen LogP contribution in [-0.2, 0) is 0 Å². The van der Waals surface area contributed by atoms with Gasteiger partial charge in [0.25, 0.3) is 0 Å². The van der Waals surface area contributed by atoms with E-state index in [2.05, 4.69) is 56.9 Å². The fourth-order valence-corrected chi connectivity index (χ4v) is 8.47. The van der Waals surface area contributed by atoms with E-state index in [0.29, 0.717) is 20.9 Å². The molecule has 1 unspecified atom stereocenters. The number of thiocarbonyl (C=S) groups is 1. The summed E-state index contributed by atoms with van der Waals surface area (Å²) in [6.45, 7) is 9.56. The topological polar surface area (TPSA) is 0 Å². The van der Waals surface area contributed by atoms with Crippen LogP contribution in [0.25, 0.3) is 0 Å². The first-order valence-electron chi connectivity index (χ1n) is 6.12. The predicted molar refractivity (Wildman–Crippen MR) is 86.2 cm³/mol. The summed E-state index contributed by atoms with van der Waals surface area (Å²) in [4.78, 5) is 0. The first-order chi connectivity index (χ1) is 7.90. The SMILES string of the molecule is CC(C(=S)[Se]CC[Si](C)(C)C)c1ccccc1. The number of hydrogen-bond donors (Lipinski definition) is 0. The van der Waals surface area contributed by atoms with Gasteiger partial charge in [-0.3, -0.25) is 0 Å². The third-order valence-electron chi connectivity index (χ3n) is 2.75. The molecule has 94 valence electrons. The van der Waals surface area contributed by atoms with Crippen LogP contribution in [0.1, 0.15) is 18.4 Å². The second kappa shape index (κ2) is 6.84. The van der Waals surface area contributed by atoms with Crippen LogP contribution in [-0.4, -0.2) is 26.8 Å². The Morgan fingerprint density at radius 3 is 2.35 bits per heavy atom. The van der Waals surface area contributed by atoms with Crippen molar-refractivity contribution in [1.82, 2.24) is 0 Å². The zero-order valence-corrected chi connectivity index (χ0v) is 14.7. The fourth-order valence-electron chi connectivity index (χ4n) is 1.46. The maximum absolute atomic E-state index is 5.59. The fraction of sp³-hybridized carbons (Fsp3) is 0.500. The minimum atomic E-state index is -0.882. The van der Waals surface area contributed by atoms with Crippen molar-refractivity contribution in [2.75, 3.05) is 0 Å². The number of hydrogen-bond acceptors (Lipinski definition) is 1. The third kappa shape index (κ3) is 5.96. The van der Waals surface area contributed by atoms with E-state index in [1.54, 1.807) is 0 Å². The predicted octanol–water partition coefficient (Wildman–Crippen LogP) is 4.58. The quantitative estimate of drug-likeness (QED) is 0.544. The van der Waals surface area contributed by atoms with Crippen LogP contribution in [0, 0.1) is 0 Å².